The van der Waals surface area contributed by atoms with E-state index in [1.165, 1.54) is 12.1 Å². The fraction of sp³-hybridized carbons (Fsp3) is 0.571. The van der Waals surface area contributed by atoms with Crippen LogP contribution in [-0.4, -0.2) is 59.6 Å². The number of amides is 2. The fourth-order valence-corrected chi connectivity index (χ4v) is 3.92. The number of hydrogen-bond donors (Lipinski definition) is 0. The molecular formula is C21H28FN3O3. The molecule has 1 aromatic rings. The quantitative estimate of drug-likeness (QED) is 0.751. The van der Waals surface area contributed by atoms with Crippen LogP contribution in [0.3, 0.4) is 0 Å². The lowest BCUT2D eigenvalue weighted by Gasteiger charge is -2.35. The van der Waals surface area contributed by atoms with E-state index in [-0.39, 0.29) is 23.5 Å². The second kappa shape index (κ2) is 9.17. The number of rotatable bonds is 6. The molecule has 1 saturated heterocycles. The zero-order chi connectivity index (χ0) is 20.1. The number of carbonyl (C=O) groups is 2. The van der Waals surface area contributed by atoms with Crippen LogP contribution in [0.15, 0.2) is 29.4 Å². The van der Waals surface area contributed by atoms with E-state index in [9.17, 15) is 14.0 Å². The molecule has 2 aliphatic rings. The van der Waals surface area contributed by atoms with Crippen molar-refractivity contribution in [2.75, 3.05) is 26.2 Å². The van der Waals surface area contributed by atoms with Crippen LogP contribution in [0.2, 0.25) is 0 Å². The normalized spacial score (nSPS) is 21.8. The van der Waals surface area contributed by atoms with Crippen molar-refractivity contribution in [3.8, 4) is 0 Å². The van der Waals surface area contributed by atoms with Crippen molar-refractivity contribution in [3.05, 3.63) is 35.6 Å². The molecule has 152 valence electrons. The summed E-state index contributed by atoms with van der Waals surface area (Å²) in [5, 5.41) is 4.04. The zero-order valence-corrected chi connectivity index (χ0v) is 16.6. The lowest BCUT2D eigenvalue weighted by atomic mass is 9.95. The van der Waals surface area contributed by atoms with Crippen LogP contribution in [0.1, 0.15) is 38.7 Å². The van der Waals surface area contributed by atoms with E-state index >= 15 is 0 Å². The lowest BCUT2D eigenvalue weighted by Crippen LogP contribution is -2.49. The van der Waals surface area contributed by atoms with Gasteiger partial charge in [0.1, 0.15) is 5.82 Å². The van der Waals surface area contributed by atoms with Gasteiger partial charge in [-0.3, -0.25) is 9.59 Å². The van der Waals surface area contributed by atoms with E-state index in [4.69, 9.17) is 4.84 Å². The molecule has 28 heavy (non-hydrogen) atoms. The first-order valence-corrected chi connectivity index (χ1v) is 10.0. The monoisotopic (exact) mass is 389 g/mol. The molecule has 0 N–H and O–H groups in total. The van der Waals surface area contributed by atoms with Gasteiger partial charge < -0.3 is 14.6 Å². The van der Waals surface area contributed by atoms with Crippen LogP contribution in [-0.2, 0) is 20.8 Å². The Hall–Kier alpha value is -2.44. The Bertz CT molecular complexity index is 748. The maximum atomic E-state index is 13.3. The summed E-state index contributed by atoms with van der Waals surface area (Å²) in [7, 11) is 0. The summed E-state index contributed by atoms with van der Waals surface area (Å²) < 4.78 is 13.3. The number of piperidine rings is 1. The second-order valence-corrected chi connectivity index (χ2v) is 7.40. The smallest absolute Gasteiger partial charge is 0.266 e. The number of oxime groups is 1. The molecule has 0 spiro atoms. The molecule has 2 amide bonds. The third-order valence-corrected chi connectivity index (χ3v) is 5.46. The first-order chi connectivity index (χ1) is 13.5. The molecule has 1 aromatic carbocycles. The summed E-state index contributed by atoms with van der Waals surface area (Å²) in [6.45, 7) is 6.38. The number of carbonyl (C=O) groups excluding carboxylic acids is 2. The van der Waals surface area contributed by atoms with Crippen molar-refractivity contribution in [1.82, 2.24) is 9.80 Å². The highest BCUT2D eigenvalue weighted by Gasteiger charge is 2.36. The van der Waals surface area contributed by atoms with Crippen molar-refractivity contribution >= 4 is 17.5 Å². The fourth-order valence-electron chi connectivity index (χ4n) is 3.92. The van der Waals surface area contributed by atoms with Crippen LogP contribution in [0.5, 0.6) is 0 Å². The first kappa shape index (κ1) is 20.3. The largest absolute Gasteiger partial charge is 0.382 e. The van der Waals surface area contributed by atoms with Crippen LogP contribution < -0.4 is 0 Å². The zero-order valence-electron chi connectivity index (χ0n) is 16.6. The Labute approximate surface area is 165 Å². The summed E-state index contributed by atoms with van der Waals surface area (Å²) in [6, 6.07) is 6.35. The minimum Gasteiger partial charge on any atom is -0.382 e. The average molecular weight is 389 g/mol. The Kier molecular flexibility index (Phi) is 6.65. The highest BCUT2D eigenvalue weighted by atomic mass is 19.1. The van der Waals surface area contributed by atoms with E-state index in [2.05, 4.69) is 5.16 Å². The molecule has 2 heterocycles. The van der Waals surface area contributed by atoms with Crippen LogP contribution in [0, 0.1) is 11.7 Å². The topological polar surface area (TPSA) is 62.2 Å². The van der Waals surface area contributed by atoms with Gasteiger partial charge in [0.25, 0.3) is 5.91 Å². The van der Waals surface area contributed by atoms with Gasteiger partial charge in [0.05, 0.1) is 11.6 Å². The summed E-state index contributed by atoms with van der Waals surface area (Å²) >= 11 is 0. The van der Waals surface area contributed by atoms with Crippen molar-refractivity contribution in [1.29, 1.82) is 0 Å². The molecule has 3 rings (SSSR count). The summed E-state index contributed by atoms with van der Waals surface area (Å²) in [4.78, 5) is 34.4. The van der Waals surface area contributed by atoms with E-state index < -0.39 is 6.10 Å². The molecule has 0 aliphatic carbocycles. The van der Waals surface area contributed by atoms with Crippen molar-refractivity contribution in [2.45, 2.75) is 45.6 Å². The molecule has 6 nitrogen and oxygen atoms in total. The average Bonchev–Trinajstić information content (AvgIpc) is 3.16. The van der Waals surface area contributed by atoms with Gasteiger partial charge in [0, 0.05) is 39.0 Å². The minimum atomic E-state index is -0.647. The molecule has 0 saturated carbocycles. The van der Waals surface area contributed by atoms with Gasteiger partial charge in [-0.15, -0.1) is 0 Å². The summed E-state index contributed by atoms with van der Waals surface area (Å²) in [5.41, 5.74) is 1.54. The van der Waals surface area contributed by atoms with Crippen LogP contribution in [0.4, 0.5) is 4.39 Å². The minimum absolute atomic E-state index is 0.116. The molecule has 0 unspecified atom stereocenters. The van der Waals surface area contributed by atoms with Crippen LogP contribution in [0.25, 0.3) is 0 Å². The predicted octanol–water partition coefficient (Wildman–Crippen LogP) is 2.62. The molecule has 0 bridgehead atoms. The number of benzene rings is 1. The van der Waals surface area contributed by atoms with E-state index in [0.29, 0.717) is 39.0 Å². The van der Waals surface area contributed by atoms with Gasteiger partial charge >= 0.3 is 0 Å². The highest BCUT2D eigenvalue weighted by molar-refractivity contribution is 5.94. The Morgan fingerprint density at radius 2 is 2.11 bits per heavy atom. The van der Waals surface area contributed by atoms with E-state index in [0.717, 1.165) is 24.1 Å². The molecule has 0 aromatic heterocycles. The van der Waals surface area contributed by atoms with Crippen molar-refractivity contribution in [3.63, 3.8) is 0 Å². The summed E-state index contributed by atoms with van der Waals surface area (Å²) in [5.74, 6) is -0.429. The van der Waals surface area contributed by atoms with Gasteiger partial charge in [-0.1, -0.05) is 17.3 Å². The molecule has 7 heteroatoms. The predicted molar refractivity (Wildman–Crippen MR) is 104 cm³/mol. The molecular weight excluding hydrogens is 361 g/mol. The van der Waals surface area contributed by atoms with E-state index in [1.54, 1.807) is 11.0 Å². The number of halogens is 1. The number of hydrogen-bond acceptors (Lipinski definition) is 4. The van der Waals surface area contributed by atoms with Crippen molar-refractivity contribution in [2.24, 2.45) is 11.1 Å². The SMILES string of the molecule is CCN(CC)C(=O)[C@@H]1CCCN(C(=O)[C@H]2CC(Cc3cccc(F)c3)=NO2)C1. The van der Waals surface area contributed by atoms with Crippen LogP contribution >= 0.6 is 0 Å². The third-order valence-electron chi connectivity index (χ3n) is 5.46. The van der Waals surface area contributed by atoms with Gasteiger partial charge in [0.15, 0.2) is 0 Å². The lowest BCUT2D eigenvalue weighted by molar-refractivity contribution is -0.147. The third kappa shape index (κ3) is 4.69. The Morgan fingerprint density at radius 3 is 2.82 bits per heavy atom. The van der Waals surface area contributed by atoms with E-state index in [1.807, 2.05) is 24.8 Å². The number of nitrogens with zero attached hydrogens (tertiary/aromatic N) is 3. The van der Waals surface area contributed by atoms with Gasteiger partial charge in [-0.25, -0.2) is 4.39 Å². The Morgan fingerprint density at radius 1 is 1.32 bits per heavy atom. The maximum absolute atomic E-state index is 13.3. The first-order valence-electron chi connectivity index (χ1n) is 10.0. The molecule has 1 fully saturated rings. The van der Waals surface area contributed by atoms with Gasteiger partial charge in [-0.05, 0) is 44.4 Å². The highest BCUT2D eigenvalue weighted by Crippen LogP contribution is 2.23. The Balaban J connectivity index is 1.55. The van der Waals surface area contributed by atoms with Gasteiger partial charge in [-0.2, -0.15) is 0 Å². The standard InChI is InChI=1S/C21H28FN3O3/c1-3-24(4-2)20(26)16-8-6-10-25(14-16)21(27)19-13-18(23-28-19)12-15-7-5-9-17(22)11-15/h5,7,9,11,16,19H,3-4,6,8,10,12-14H2,1-2H3/t16-,19-/m1/s1. The summed E-state index contributed by atoms with van der Waals surface area (Å²) in [6.07, 6.45) is 1.84. The molecule has 2 atom stereocenters. The second-order valence-electron chi connectivity index (χ2n) is 7.40. The maximum Gasteiger partial charge on any atom is 0.266 e. The van der Waals surface area contributed by atoms with Crippen molar-refractivity contribution < 1.29 is 18.8 Å². The molecule has 2 aliphatic heterocycles. The van der Waals surface area contributed by atoms with Gasteiger partial charge in [0.2, 0.25) is 12.0 Å². The number of likely N-dealkylation sites (tertiary alicyclic amines) is 1. The molecule has 0 radical (unpaired) electrons.